The Balaban J connectivity index is 1.32. The van der Waals surface area contributed by atoms with Crippen molar-refractivity contribution in [2.24, 2.45) is 11.8 Å². The Morgan fingerprint density at radius 1 is 0.950 bits per heavy atom. The first-order chi connectivity index (χ1) is 19.4. The summed E-state index contributed by atoms with van der Waals surface area (Å²) in [4.78, 5) is 31.6. The van der Waals surface area contributed by atoms with Crippen LogP contribution in [-0.2, 0) is 22.7 Å². The lowest BCUT2D eigenvalue weighted by Crippen LogP contribution is -2.48. The molecule has 0 aliphatic heterocycles. The van der Waals surface area contributed by atoms with Gasteiger partial charge in [-0.25, -0.2) is 4.39 Å². The minimum absolute atomic E-state index is 0.0346. The number of halogens is 1. The molecule has 0 saturated heterocycles. The van der Waals surface area contributed by atoms with Crippen LogP contribution in [0.4, 0.5) is 4.39 Å². The van der Waals surface area contributed by atoms with Gasteiger partial charge in [-0.05, 0) is 66.5 Å². The van der Waals surface area contributed by atoms with Crippen LogP contribution < -0.4 is 0 Å². The van der Waals surface area contributed by atoms with E-state index < -0.39 is 0 Å². The second kappa shape index (κ2) is 12.8. The summed E-state index contributed by atoms with van der Waals surface area (Å²) in [6.45, 7) is 6.06. The summed E-state index contributed by atoms with van der Waals surface area (Å²) in [7, 11) is 0. The van der Waals surface area contributed by atoms with Gasteiger partial charge in [-0.2, -0.15) is 0 Å². The highest BCUT2D eigenvalue weighted by atomic mass is 19.1. The first kappa shape index (κ1) is 28.1. The average Bonchev–Trinajstić information content (AvgIpc) is 3.65. The van der Waals surface area contributed by atoms with Gasteiger partial charge < -0.3 is 14.4 Å². The molecule has 2 unspecified atom stereocenters. The van der Waals surface area contributed by atoms with Gasteiger partial charge in [-0.1, -0.05) is 75.6 Å². The largest absolute Gasteiger partial charge is 0.345 e. The van der Waals surface area contributed by atoms with E-state index in [-0.39, 0.29) is 48.0 Å². The van der Waals surface area contributed by atoms with E-state index in [1.807, 2.05) is 40.3 Å². The maximum Gasteiger partial charge on any atom is 0.242 e. The lowest BCUT2D eigenvalue weighted by molar-refractivity contribution is -0.144. The molecule has 3 aromatic rings. The van der Waals surface area contributed by atoms with Crippen molar-refractivity contribution in [2.45, 2.75) is 77.4 Å². The molecule has 2 aromatic carbocycles. The predicted octanol–water partition coefficient (Wildman–Crippen LogP) is 6.63. The average molecular weight is 544 g/mol. The third-order valence-electron chi connectivity index (χ3n) is 8.42. The van der Waals surface area contributed by atoms with Crippen LogP contribution in [0.2, 0.25) is 0 Å². The van der Waals surface area contributed by atoms with Gasteiger partial charge in [-0.3, -0.25) is 9.59 Å². The number of benzene rings is 2. The van der Waals surface area contributed by atoms with Gasteiger partial charge in [-0.15, -0.1) is 0 Å². The minimum atomic E-state index is -0.243. The summed E-state index contributed by atoms with van der Waals surface area (Å²) in [5.41, 5.74) is 3.28. The van der Waals surface area contributed by atoms with E-state index in [2.05, 4.69) is 36.6 Å². The quantitative estimate of drug-likeness (QED) is 0.273. The molecular formula is C34H42FN3O2. The number of hydrogen-bond donors (Lipinski definition) is 0. The predicted molar refractivity (Wildman–Crippen MR) is 156 cm³/mol. The van der Waals surface area contributed by atoms with Crippen molar-refractivity contribution in [1.82, 2.24) is 14.4 Å². The molecule has 0 radical (unpaired) electrons. The van der Waals surface area contributed by atoms with E-state index >= 15 is 0 Å². The molecule has 5 rings (SSSR count). The van der Waals surface area contributed by atoms with E-state index in [1.54, 1.807) is 12.1 Å². The Morgan fingerprint density at radius 2 is 1.68 bits per heavy atom. The van der Waals surface area contributed by atoms with Gasteiger partial charge in [0.25, 0.3) is 0 Å². The van der Waals surface area contributed by atoms with E-state index in [0.29, 0.717) is 19.6 Å². The fourth-order valence-corrected chi connectivity index (χ4v) is 6.22. The molecule has 2 atom stereocenters. The van der Waals surface area contributed by atoms with Crippen molar-refractivity contribution < 1.29 is 14.0 Å². The topological polar surface area (TPSA) is 45.6 Å². The molecule has 0 N–H and O–H groups in total. The number of aromatic nitrogens is 1. The van der Waals surface area contributed by atoms with Crippen LogP contribution in [0.1, 0.15) is 75.1 Å². The first-order valence-electron chi connectivity index (χ1n) is 14.9. The number of nitrogens with zero attached hydrogens (tertiary/aromatic N) is 3. The smallest absolute Gasteiger partial charge is 0.242 e. The third-order valence-corrected chi connectivity index (χ3v) is 8.42. The van der Waals surface area contributed by atoms with E-state index in [4.69, 9.17) is 0 Å². The van der Waals surface area contributed by atoms with E-state index in [0.717, 1.165) is 43.4 Å². The molecule has 40 heavy (non-hydrogen) atoms. The van der Waals surface area contributed by atoms with Gasteiger partial charge in [0.15, 0.2) is 0 Å². The highest BCUT2D eigenvalue weighted by Gasteiger charge is 2.46. The number of rotatable bonds is 11. The van der Waals surface area contributed by atoms with Crippen LogP contribution in [0, 0.1) is 17.7 Å². The van der Waals surface area contributed by atoms with Gasteiger partial charge >= 0.3 is 0 Å². The standard InChI is InChI=1S/C34H42FN3O2/c1-25(2)21-37(34(40)32-20-31(32)27-10-5-3-6-11-27)24-33(39)38(29-12-7-4-8-13-29)23-30-14-9-19-36(30)22-26-15-17-28(35)18-16-26/h3,5-6,9-11,14-19,25,29,31-32H,4,7-8,12-13,20-24H2,1-2H3. The zero-order valence-corrected chi connectivity index (χ0v) is 23.8. The molecular weight excluding hydrogens is 501 g/mol. The Hall–Kier alpha value is -3.41. The van der Waals surface area contributed by atoms with Crippen molar-refractivity contribution in [2.75, 3.05) is 13.1 Å². The molecule has 0 bridgehead atoms. The van der Waals surface area contributed by atoms with Crippen LogP contribution in [0.5, 0.6) is 0 Å². The van der Waals surface area contributed by atoms with Crippen molar-refractivity contribution in [1.29, 1.82) is 0 Å². The van der Waals surface area contributed by atoms with Crippen LogP contribution in [0.25, 0.3) is 0 Å². The molecule has 6 heteroatoms. The normalized spacial score (nSPS) is 19.0. The van der Waals surface area contributed by atoms with Crippen molar-refractivity contribution >= 4 is 11.8 Å². The maximum atomic E-state index is 14.0. The molecule has 2 fully saturated rings. The summed E-state index contributed by atoms with van der Waals surface area (Å²) in [6.07, 6.45) is 8.34. The summed E-state index contributed by atoms with van der Waals surface area (Å²) >= 11 is 0. The summed E-state index contributed by atoms with van der Waals surface area (Å²) < 4.78 is 15.6. The molecule has 2 aliphatic rings. The summed E-state index contributed by atoms with van der Waals surface area (Å²) in [5.74, 6) is 0.397. The Morgan fingerprint density at radius 3 is 2.38 bits per heavy atom. The van der Waals surface area contributed by atoms with Crippen molar-refractivity contribution in [3.05, 3.63) is 95.6 Å². The highest BCUT2D eigenvalue weighted by molar-refractivity contribution is 5.88. The molecule has 5 nitrogen and oxygen atoms in total. The molecule has 2 saturated carbocycles. The fourth-order valence-electron chi connectivity index (χ4n) is 6.22. The fraction of sp³-hybridized carbons (Fsp3) is 0.471. The molecule has 1 heterocycles. The molecule has 2 amide bonds. The zero-order chi connectivity index (χ0) is 28.1. The first-order valence-corrected chi connectivity index (χ1v) is 14.9. The summed E-state index contributed by atoms with van der Waals surface area (Å²) in [5, 5.41) is 0. The number of carbonyl (C=O) groups excluding carboxylic acids is 2. The Kier molecular flexibility index (Phi) is 9.03. The van der Waals surface area contributed by atoms with E-state index in [1.165, 1.54) is 24.1 Å². The lowest BCUT2D eigenvalue weighted by atomic mass is 9.94. The SMILES string of the molecule is CC(C)CN(CC(=O)N(Cc1cccn1Cc1ccc(F)cc1)C1CCCCC1)C(=O)C1CC1c1ccccc1. The van der Waals surface area contributed by atoms with Crippen LogP contribution in [0.15, 0.2) is 72.9 Å². The van der Waals surface area contributed by atoms with E-state index in [9.17, 15) is 14.0 Å². The molecule has 1 aromatic heterocycles. The molecule has 0 spiro atoms. The van der Waals surface area contributed by atoms with Gasteiger partial charge in [0, 0.05) is 36.9 Å². The Bertz CT molecular complexity index is 1260. The van der Waals surface area contributed by atoms with Gasteiger partial charge in [0.05, 0.1) is 13.1 Å². The van der Waals surface area contributed by atoms with Gasteiger partial charge in [0.2, 0.25) is 11.8 Å². The Labute approximate surface area is 238 Å². The molecule has 212 valence electrons. The van der Waals surface area contributed by atoms with Crippen LogP contribution in [0.3, 0.4) is 0 Å². The number of hydrogen-bond acceptors (Lipinski definition) is 2. The second-order valence-electron chi connectivity index (χ2n) is 12.0. The summed E-state index contributed by atoms with van der Waals surface area (Å²) in [6, 6.07) is 21.1. The van der Waals surface area contributed by atoms with Crippen molar-refractivity contribution in [3.8, 4) is 0 Å². The van der Waals surface area contributed by atoms with Crippen LogP contribution in [-0.4, -0.2) is 45.3 Å². The highest BCUT2D eigenvalue weighted by Crippen LogP contribution is 2.48. The van der Waals surface area contributed by atoms with Crippen LogP contribution >= 0.6 is 0 Å². The monoisotopic (exact) mass is 543 g/mol. The lowest BCUT2D eigenvalue weighted by Gasteiger charge is -2.36. The number of carbonyl (C=O) groups is 2. The molecule has 2 aliphatic carbocycles. The third kappa shape index (κ3) is 7.01. The maximum absolute atomic E-state index is 14.0. The number of amides is 2. The zero-order valence-electron chi connectivity index (χ0n) is 23.8. The minimum Gasteiger partial charge on any atom is -0.345 e. The van der Waals surface area contributed by atoms with Crippen molar-refractivity contribution in [3.63, 3.8) is 0 Å². The second-order valence-corrected chi connectivity index (χ2v) is 12.0. The van der Waals surface area contributed by atoms with Gasteiger partial charge in [0.1, 0.15) is 5.82 Å².